The third-order valence-corrected chi connectivity index (χ3v) is 2.62. The lowest BCUT2D eigenvalue weighted by molar-refractivity contribution is 0.0119. The zero-order chi connectivity index (χ0) is 16.9. The normalized spacial score (nSPS) is 14.0. The molecule has 0 bridgehead atoms. The van der Waals surface area contributed by atoms with Crippen LogP contribution in [0.5, 0.6) is 0 Å². The van der Waals surface area contributed by atoms with Crippen LogP contribution in [0.4, 0.5) is 4.79 Å². The Kier molecular flexibility index (Phi) is 5.84. The molecule has 1 aromatic heterocycles. The number of aliphatic hydroxyl groups excluding tert-OH is 2. The Morgan fingerprint density at radius 2 is 2.00 bits per heavy atom. The van der Waals surface area contributed by atoms with E-state index < -0.39 is 29.9 Å². The maximum Gasteiger partial charge on any atom is 0.407 e. The van der Waals surface area contributed by atoms with Crippen molar-refractivity contribution in [2.75, 3.05) is 6.54 Å². The SMILES string of the molecule is CC(C)(C)OC(=O)NCC(O)C(O)c1cnccc1C(=O)O. The minimum atomic E-state index is -1.50. The van der Waals surface area contributed by atoms with Crippen LogP contribution in [0.2, 0.25) is 0 Å². The molecule has 1 rings (SSSR count). The van der Waals surface area contributed by atoms with Crippen LogP contribution in [-0.2, 0) is 4.74 Å². The summed E-state index contributed by atoms with van der Waals surface area (Å²) in [6.07, 6.45) is -1.23. The highest BCUT2D eigenvalue weighted by molar-refractivity contribution is 5.89. The minimum Gasteiger partial charge on any atom is -0.478 e. The smallest absolute Gasteiger partial charge is 0.407 e. The number of hydrogen-bond donors (Lipinski definition) is 4. The fourth-order valence-corrected chi connectivity index (χ4v) is 1.66. The molecule has 0 saturated heterocycles. The van der Waals surface area contributed by atoms with Gasteiger partial charge in [0.25, 0.3) is 0 Å². The molecule has 0 aromatic carbocycles. The molecule has 1 aromatic rings. The number of ether oxygens (including phenoxy) is 1. The average molecular weight is 312 g/mol. The molecule has 2 unspecified atom stereocenters. The van der Waals surface area contributed by atoms with Gasteiger partial charge in [-0.2, -0.15) is 0 Å². The van der Waals surface area contributed by atoms with Crippen molar-refractivity contribution >= 4 is 12.1 Å². The third kappa shape index (κ3) is 5.30. The van der Waals surface area contributed by atoms with E-state index in [1.165, 1.54) is 12.3 Å². The average Bonchev–Trinajstić information content (AvgIpc) is 2.42. The van der Waals surface area contributed by atoms with E-state index in [2.05, 4.69) is 10.3 Å². The molecule has 4 N–H and O–H groups in total. The van der Waals surface area contributed by atoms with Gasteiger partial charge >= 0.3 is 12.1 Å². The minimum absolute atomic E-state index is 0.0338. The largest absolute Gasteiger partial charge is 0.478 e. The molecule has 1 amide bonds. The molecule has 0 saturated carbocycles. The lowest BCUT2D eigenvalue weighted by atomic mass is 10.0. The number of carboxylic acid groups (broad SMARTS) is 1. The zero-order valence-electron chi connectivity index (χ0n) is 12.6. The van der Waals surface area contributed by atoms with Gasteiger partial charge in [-0.15, -0.1) is 0 Å². The second kappa shape index (κ2) is 7.19. The van der Waals surface area contributed by atoms with E-state index >= 15 is 0 Å². The number of nitrogens with one attached hydrogen (secondary N) is 1. The van der Waals surface area contributed by atoms with Gasteiger partial charge in [-0.1, -0.05) is 0 Å². The van der Waals surface area contributed by atoms with Crippen LogP contribution < -0.4 is 5.32 Å². The number of rotatable bonds is 5. The standard InChI is InChI=1S/C14H20N2O6/c1-14(2,3)22-13(21)16-7-10(17)11(18)9-6-15-5-4-8(9)12(19)20/h4-6,10-11,17-18H,7H2,1-3H3,(H,16,21)(H,19,20). The first kappa shape index (κ1) is 17.9. The first-order valence-electron chi connectivity index (χ1n) is 6.62. The highest BCUT2D eigenvalue weighted by atomic mass is 16.6. The van der Waals surface area contributed by atoms with Gasteiger partial charge < -0.3 is 25.4 Å². The molecule has 8 heteroatoms. The van der Waals surface area contributed by atoms with E-state index in [1.54, 1.807) is 20.8 Å². The Balaban J connectivity index is 2.68. The van der Waals surface area contributed by atoms with Crippen molar-refractivity contribution in [1.29, 1.82) is 0 Å². The molecule has 1 heterocycles. The Morgan fingerprint density at radius 1 is 1.36 bits per heavy atom. The number of aliphatic hydroxyl groups is 2. The molecule has 0 fully saturated rings. The monoisotopic (exact) mass is 312 g/mol. The first-order chi connectivity index (χ1) is 10.1. The summed E-state index contributed by atoms with van der Waals surface area (Å²) in [5, 5.41) is 31.2. The summed E-state index contributed by atoms with van der Waals surface area (Å²) < 4.78 is 4.99. The summed E-state index contributed by atoms with van der Waals surface area (Å²) in [7, 11) is 0. The molecular weight excluding hydrogens is 292 g/mol. The second-order valence-corrected chi connectivity index (χ2v) is 5.66. The summed E-state index contributed by atoms with van der Waals surface area (Å²) in [6.45, 7) is 4.76. The summed E-state index contributed by atoms with van der Waals surface area (Å²) in [4.78, 5) is 26.3. The predicted molar refractivity (Wildman–Crippen MR) is 76.4 cm³/mol. The lowest BCUT2D eigenvalue weighted by Crippen LogP contribution is -2.39. The number of carboxylic acids is 1. The molecular formula is C14H20N2O6. The first-order valence-corrected chi connectivity index (χ1v) is 6.62. The molecule has 8 nitrogen and oxygen atoms in total. The summed E-state index contributed by atoms with van der Waals surface area (Å²) in [6, 6.07) is 1.22. The third-order valence-electron chi connectivity index (χ3n) is 2.62. The van der Waals surface area contributed by atoms with E-state index in [0.717, 1.165) is 6.20 Å². The van der Waals surface area contributed by atoms with Crippen LogP contribution in [0.1, 0.15) is 42.8 Å². The topological polar surface area (TPSA) is 129 Å². The summed E-state index contributed by atoms with van der Waals surface area (Å²) in [5.74, 6) is -1.25. The van der Waals surface area contributed by atoms with E-state index in [-0.39, 0.29) is 17.7 Å². The summed E-state index contributed by atoms with van der Waals surface area (Å²) in [5.41, 5.74) is -0.889. The van der Waals surface area contributed by atoms with Crippen LogP contribution in [0, 0.1) is 0 Å². The van der Waals surface area contributed by atoms with Crippen molar-refractivity contribution < 1.29 is 29.6 Å². The van der Waals surface area contributed by atoms with Crippen molar-refractivity contribution in [2.24, 2.45) is 0 Å². The maximum atomic E-state index is 11.5. The Morgan fingerprint density at radius 3 is 2.55 bits per heavy atom. The Bertz CT molecular complexity index is 540. The molecule has 0 aliphatic carbocycles. The van der Waals surface area contributed by atoms with Crippen LogP contribution >= 0.6 is 0 Å². The van der Waals surface area contributed by atoms with Gasteiger partial charge in [0.15, 0.2) is 0 Å². The van der Waals surface area contributed by atoms with Crippen LogP contribution in [0.25, 0.3) is 0 Å². The highest BCUT2D eigenvalue weighted by Gasteiger charge is 2.25. The van der Waals surface area contributed by atoms with Gasteiger partial charge in [-0.3, -0.25) is 4.98 Å². The molecule has 0 aliphatic heterocycles. The Hall–Kier alpha value is -2.19. The fraction of sp³-hybridized carbons (Fsp3) is 0.500. The molecule has 0 radical (unpaired) electrons. The van der Waals surface area contributed by atoms with Crippen molar-refractivity contribution in [3.8, 4) is 0 Å². The number of aromatic carboxylic acids is 1. The van der Waals surface area contributed by atoms with E-state index in [9.17, 15) is 19.8 Å². The predicted octanol–water partition coefficient (Wildman–Crippen LogP) is 0.699. The lowest BCUT2D eigenvalue weighted by Gasteiger charge is -2.22. The van der Waals surface area contributed by atoms with Gasteiger partial charge in [0, 0.05) is 24.5 Å². The number of alkyl carbamates (subject to hydrolysis) is 1. The number of carbonyl (C=O) groups excluding carboxylic acids is 1. The fourth-order valence-electron chi connectivity index (χ4n) is 1.66. The van der Waals surface area contributed by atoms with Gasteiger partial charge in [0.1, 0.15) is 17.8 Å². The molecule has 0 aliphatic rings. The number of hydrogen-bond acceptors (Lipinski definition) is 6. The van der Waals surface area contributed by atoms with Gasteiger partial charge in [0.2, 0.25) is 0 Å². The van der Waals surface area contributed by atoms with E-state index in [0.29, 0.717) is 0 Å². The number of pyridine rings is 1. The van der Waals surface area contributed by atoms with Crippen LogP contribution in [0.3, 0.4) is 0 Å². The van der Waals surface area contributed by atoms with Crippen LogP contribution in [0.15, 0.2) is 18.5 Å². The molecule has 122 valence electrons. The van der Waals surface area contributed by atoms with E-state index in [1.807, 2.05) is 0 Å². The molecule has 22 heavy (non-hydrogen) atoms. The van der Waals surface area contributed by atoms with Crippen molar-refractivity contribution in [1.82, 2.24) is 10.3 Å². The number of carbonyl (C=O) groups is 2. The highest BCUT2D eigenvalue weighted by Crippen LogP contribution is 2.20. The number of amides is 1. The van der Waals surface area contributed by atoms with Gasteiger partial charge in [-0.25, -0.2) is 9.59 Å². The quantitative estimate of drug-likeness (QED) is 0.629. The number of nitrogens with zero attached hydrogens (tertiary/aromatic N) is 1. The summed E-state index contributed by atoms with van der Waals surface area (Å²) >= 11 is 0. The Labute approximate surface area is 127 Å². The van der Waals surface area contributed by atoms with Crippen molar-refractivity contribution in [3.05, 3.63) is 29.6 Å². The number of aromatic nitrogens is 1. The van der Waals surface area contributed by atoms with Gasteiger partial charge in [-0.05, 0) is 26.8 Å². The second-order valence-electron chi connectivity index (χ2n) is 5.66. The maximum absolute atomic E-state index is 11.5. The van der Waals surface area contributed by atoms with Crippen molar-refractivity contribution in [2.45, 2.75) is 38.6 Å². The molecule has 2 atom stereocenters. The van der Waals surface area contributed by atoms with Crippen molar-refractivity contribution in [3.63, 3.8) is 0 Å². The molecule has 0 spiro atoms. The van der Waals surface area contributed by atoms with E-state index in [4.69, 9.17) is 9.84 Å². The zero-order valence-corrected chi connectivity index (χ0v) is 12.6. The van der Waals surface area contributed by atoms with Gasteiger partial charge in [0.05, 0.1) is 5.56 Å². The van der Waals surface area contributed by atoms with Crippen LogP contribution in [-0.4, -0.2) is 50.6 Å².